The van der Waals surface area contributed by atoms with Crippen LogP contribution in [0.25, 0.3) is 0 Å². The van der Waals surface area contributed by atoms with E-state index in [1.54, 1.807) is 0 Å². The van der Waals surface area contributed by atoms with E-state index in [1.807, 2.05) is 0 Å². The predicted molar refractivity (Wildman–Crippen MR) is 78.4 cm³/mol. The first-order valence-electron chi connectivity index (χ1n) is 7.00. The topological polar surface area (TPSA) is 97.1 Å². The number of hydrogen-bond donors (Lipinski definition) is 3. The van der Waals surface area contributed by atoms with E-state index in [-0.39, 0.29) is 10.9 Å². The summed E-state index contributed by atoms with van der Waals surface area (Å²) < 4.78 is 27.4. The molecule has 1 aliphatic rings. The minimum atomic E-state index is -3.50. The Morgan fingerprint density at radius 1 is 1.35 bits per heavy atom. The van der Waals surface area contributed by atoms with Gasteiger partial charge in [0.2, 0.25) is 10.0 Å². The molecule has 4 N–H and O–H groups in total. The highest BCUT2D eigenvalue weighted by molar-refractivity contribution is 7.89. The number of hydrazine groups is 1. The number of nitrogen functional groups attached to an aromatic ring is 1. The van der Waals surface area contributed by atoms with Crippen LogP contribution in [0.4, 0.5) is 5.82 Å². The highest BCUT2D eigenvalue weighted by Crippen LogP contribution is 2.27. The molecule has 20 heavy (non-hydrogen) atoms. The highest BCUT2D eigenvalue weighted by Gasteiger charge is 2.25. The summed E-state index contributed by atoms with van der Waals surface area (Å²) in [5.41, 5.74) is 2.35. The molecular weight excluding hydrogens is 276 g/mol. The lowest BCUT2D eigenvalue weighted by atomic mass is 9.85. The second-order valence-corrected chi connectivity index (χ2v) is 6.98. The van der Waals surface area contributed by atoms with E-state index in [2.05, 4.69) is 22.1 Å². The van der Waals surface area contributed by atoms with E-state index in [4.69, 9.17) is 5.84 Å². The van der Waals surface area contributed by atoms with Crippen molar-refractivity contribution in [3.8, 4) is 0 Å². The molecule has 0 unspecified atom stereocenters. The molecule has 0 radical (unpaired) electrons. The van der Waals surface area contributed by atoms with E-state index in [1.165, 1.54) is 24.8 Å². The molecule has 0 atom stereocenters. The van der Waals surface area contributed by atoms with E-state index in [0.717, 1.165) is 31.6 Å². The summed E-state index contributed by atoms with van der Waals surface area (Å²) in [7, 11) is -3.50. The van der Waals surface area contributed by atoms with Crippen molar-refractivity contribution in [1.29, 1.82) is 0 Å². The monoisotopic (exact) mass is 298 g/mol. The Hall–Kier alpha value is -1.18. The third-order valence-corrected chi connectivity index (χ3v) is 5.45. The van der Waals surface area contributed by atoms with Gasteiger partial charge < -0.3 is 5.43 Å². The number of rotatable bonds is 5. The van der Waals surface area contributed by atoms with Crippen LogP contribution in [0, 0.1) is 5.92 Å². The Kier molecular flexibility index (Phi) is 4.95. The predicted octanol–water partition coefficient (Wildman–Crippen LogP) is 1.61. The van der Waals surface area contributed by atoms with Gasteiger partial charge >= 0.3 is 0 Å². The first-order valence-corrected chi connectivity index (χ1v) is 8.48. The van der Waals surface area contributed by atoms with Crippen LogP contribution in [-0.4, -0.2) is 19.4 Å². The van der Waals surface area contributed by atoms with Gasteiger partial charge in [-0.1, -0.05) is 13.3 Å². The molecule has 112 valence electrons. The molecule has 0 bridgehead atoms. The molecule has 1 aliphatic carbocycles. The van der Waals surface area contributed by atoms with Crippen molar-refractivity contribution in [2.24, 2.45) is 11.8 Å². The first kappa shape index (κ1) is 15.2. The van der Waals surface area contributed by atoms with Crippen molar-refractivity contribution < 1.29 is 8.42 Å². The Morgan fingerprint density at radius 3 is 2.65 bits per heavy atom. The van der Waals surface area contributed by atoms with Crippen molar-refractivity contribution in [3.05, 3.63) is 18.3 Å². The molecule has 0 saturated heterocycles. The van der Waals surface area contributed by atoms with Crippen LogP contribution in [0.1, 0.15) is 39.0 Å². The maximum atomic E-state index is 12.3. The molecule has 1 heterocycles. The number of nitrogens with two attached hydrogens (primary N) is 1. The summed E-state index contributed by atoms with van der Waals surface area (Å²) in [5.74, 6) is 6.33. The summed E-state index contributed by atoms with van der Waals surface area (Å²) in [4.78, 5) is 4.10. The van der Waals surface area contributed by atoms with Gasteiger partial charge in [-0.05, 0) is 37.7 Å². The number of anilines is 1. The number of aromatic nitrogens is 1. The van der Waals surface area contributed by atoms with Crippen molar-refractivity contribution in [1.82, 2.24) is 9.71 Å². The van der Waals surface area contributed by atoms with Crippen molar-refractivity contribution in [2.75, 3.05) is 5.43 Å². The normalized spacial score (nSPS) is 23.5. The zero-order chi connectivity index (χ0) is 14.6. The first-order chi connectivity index (χ1) is 9.55. The van der Waals surface area contributed by atoms with Crippen LogP contribution >= 0.6 is 0 Å². The summed E-state index contributed by atoms with van der Waals surface area (Å²) in [5, 5.41) is 0. The van der Waals surface area contributed by atoms with Gasteiger partial charge in [-0.2, -0.15) is 0 Å². The number of hydrogen-bond acceptors (Lipinski definition) is 5. The fourth-order valence-electron chi connectivity index (χ4n) is 2.63. The highest BCUT2D eigenvalue weighted by atomic mass is 32.2. The van der Waals surface area contributed by atoms with Crippen LogP contribution in [0.3, 0.4) is 0 Å². The van der Waals surface area contributed by atoms with Crippen LogP contribution < -0.4 is 16.0 Å². The summed E-state index contributed by atoms with van der Waals surface area (Å²) >= 11 is 0. The van der Waals surface area contributed by atoms with Crippen molar-refractivity contribution in [3.63, 3.8) is 0 Å². The molecule has 0 amide bonds. The van der Waals surface area contributed by atoms with Gasteiger partial charge in [0.05, 0.1) is 4.90 Å². The SMILES string of the molecule is CCC1CCC(NS(=O)(=O)c2ccnc(NN)c2)CC1. The molecular formula is C13H22N4O2S. The van der Waals surface area contributed by atoms with E-state index in [9.17, 15) is 8.42 Å². The molecule has 6 nitrogen and oxygen atoms in total. The van der Waals surface area contributed by atoms with Crippen LogP contribution in [-0.2, 0) is 10.0 Å². The third kappa shape index (κ3) is 3.68. The average molecular weight is 298 g/mol. The molecule has 1 fully saturated rings. The van der Waals surface area contributed by atoms with Crippen LogP contribution in [0.2, 0.25) is 0 Å². The maximum absolute atomic E-state index is 12.3. The van der Waals surface area contributed by atoms with Gasteiger partial charge in [0, 0.05) is 18.3 Å². The number of sulfonamides is 1. The zero-order valence-electron chi connectivity index (χ0n) is 11.7. The van der Waals surface area contributed by atoms with Gasteiger partial charge in [-0.3, -0.25) is 0 Å². The Bertz CT molecular complexity index is 539. The number of nitrogens with zero attached hydrogens (tertiary/aromatic N) is 1. The van der Waals surface area contributed by atoms with Crippen molar-refractivity contribution >= 4 is 15.8 Å². The molecule has 1 aromatic heterocycles. The largest absolute Gasteiger partial charge is 0.308 e. The van der Waals surface area contributed by atoms with E-state index in [0.29, 0.717) is 5.82 Å². The second-order valence-electron chi connectivity index (χ2n) is 5.27. The quantitative estimate of drug-likeness (QED) is 0.567. The van der Waals surface area contributed by atoms with Crippen LogP contribution in [0.15, 0.2) is 23.2 Å². The molecule has 7 heteroatoms. The standard InChI is InChI=1S/C13H22N4O2S/c1-2-10-3-5-11(6-4-10)17-20(18,19)12-7-8-15-13(9-12)16-14/h7-11,17H,2-6,14H2,1H3,(H,15,16). The van der Waals surface area contributed by atoms with E-state index < -0.39 is 10.0 Å². The molecule has 1 aromatic rings. The molecule has 2 rings (SSSR count). The lowest BCUT2D eigenvalue weighted by Crippen LogP contribution is -2.37. The van der Waals surface area contributed by atoms with Gasteiger partial charge in [-0.15, -0.1) is 0 Å². The number of nitrogens with one attached hydrogen (secondary N) is 2. The van der Waals surface area contributed by atoms with Crippen molar-refractivity contribution in [2.45, 2.75) is 50.0 Å². The molecule has 0 spiro atoms. The number of pyridine rings is 1. The fraction of sp³-hybridized carbons (Fsp3) is 0.615. The minimum Gasteiger partial charge on any atom is -0.308 e. The second kappa shape index (κ2) is 6.51. The summed E-state index contributed by atoms with van der Waals surface area (Å²) in [6.07, 6.45) is 6.61. The Morgan fingerprint density at radius 2 is 2.05 bits per heavy atom. The Labute approximate surface area is 120 Å². The zero-order valence-corrected chi connectivity index (χ0v) is 12.5. The smallest absolute Gasteiger partial charge is 0.241 e. The van der Waals surface area contributed by atoms with Crippen LogP contribution in [0.5, 0.6) is 0 Å². The third-order valence-electron chi connectivity index (χ3n) is 3.94. The van der Waals surface area contributed by atoms with Gasteiger partial charge in [0.15, 0.2) is 0 Å². The van der Waals surface area contributed by atoms with Gasteiger partial charge in [-0.25, -0.2) is 24.0 Å². The van der Waals surface area contributed by atoms with Gasteiger partial charge in [0.25, 0.3) is 0 Å². The molecule has 0 aromatic carbocycles. The van der Waals surface area contributed by atoms with E-state index >= 15 is 0 Å². The molecule has 1 saturated carbocycles. The fourth-order valence-corrected chi connectivity index (χ4v) is 3.95. The lowest BCUT2D eigenvalue weighted by molar-refractivity contribution is 0.306. The average Bonchev–Trinajstić information content (AvgIpc) is 2.48. The maximum Gasteiger partial charge on any atom is 0.241 e. The minimum absolute atomic E-state index is 0.0326. The summed E-state index contributed by atoms with van der Waals surface area (Å²) in [6.45, 7) is 2.19. The Balaban J connectivity index is 2.04. The lowest BCUT2D eigenvalue weighted by Gasteiger charge is -2.28. The molecule has 0 aliphatic heterocycles. The summed E-state index contributed by atoms with van der Waals surface area (Å²) in [6, 6.07) is 2.94. The van der Waals surface area contributed by atoms with Gasteiger partial charge in [0.1, 0.15) is 5.82 Å².